The Kier molecular flexibility index (Phi) is 2.34. The van der Waals surface area contributed by atoms with Crippen LogP contribution in [0.25, 0.3) is 0 Å². The maximum Gasteiger partial charge on any atom is 0.407 e. The van der Waals surface area contributed by atoms with Gasteiger partial charge in [-0.05, 0) is 12.3 Å². The lowest BCUT2D eigenvalue weighted by Crippen LogP contribution is -2.44. The quantitative estimate of drug-likeness (QED) is 0.536. The third-order valence-corrected chi connectivity index (χ3v) is 2.13. The van der Waals surface area contributed by atoms with Crippen LogP contribution >= 0.6 is 0 Å². The van der Waals surface area contributed by atoms with E-state index in [2.05, 4.69) is 0 Å². The third kappa shape index (κ3) is 1.83. The zero-order chi connectivity index (χ0) is 8.43. The summed E-state index contributed by atoms with van der Waals surface area (Å²) in [7, 11) is 0. The molecule has 4 nitrogen and oxygen atoms in total. The van der Waals surface area contributed by atoms with E-state index in [1.165, 1.54) is 4.90 Å². The third-order valence-electron chi connectivity index (χ3n) is 2.13. The van der Waals surface area contributed by atoms with Crippen molar-refractivity contribution in [2.45, 2.75) is 19.4 Å². The van der Waals surface area contributed by atoms with E-state index in [1.807, 2.05) is 6.92 Å². The fourth-order valence-corrected chi connectivity index (χ4v) is 1.31. The molecule has 11 heavy (non-hydrogen) atoms. The number of hydrogen-bond acceptors (Lipinski definition) is 2. The monoisotopic (exact) mass is 159 g/mol. The number of carbonyl (C=O) groups is 1. The van der Waals surface area contributed by atoms with Crippen LogP contribution in [0.1, 0.15) is 13.3 Å². The number of carboxylic acid groups (broad SMARTS) is 1. The van der Waals surface area contributed by atoms with Gasteiger partial charge in [0.1, 0.15) is 0 Å². The van der Waals surface area contributed by atoms with E-state index in [1.54, 1.807) is 0 Å². The Hall–Kier alpha value is -0.770. The van der Waals surface area contributed by atoms with Crippen LogP contribution in [0, 0.1) is 5.92 Å². The number of likely N-dealkylation sites (tertiary alicyclic amines) is 1. The zero-order valence-electron chi connectivity index (χ0n) is 6.53. The second kappa shape index (κ2) is 3.09. The lowest BCUT2D eigenvalue weighted by Gasteiger charge is -2.32. The average molecular weight is 159 g/mol. The summed E-state index contributed by atoms with van der Waals surface area (Å²) in [5, 5.41) is 17.8. The molecule has 1 aliphatic rings. The molecular formula is C7H13NO3. The van der Waals surface area contributed by atoms with E-state index in [9.17, 15) is 9.90 Å². The highest BCUT2D eigenvalue weighted by Gasteiger charge is 2.26. The van der Waals surface area contributed by atoms with Gasteiger partial charge in [-0.3, -0.25) is 0 Å². The minimum Gasteiger partial charge on any atom is -0.465 e. The SMILES string of the molecule is C[C@@H]1CN(C(=O)O)CCC1O. The van der Waals surface area contributed by atoms with E-state index in [4.69, 9.17) is 5.11 Å². The lowest BCUT2D eigenvalue weighted by atomic mass is 9.97. The van der Waals surface area contributed by atoms with Gasteiger partial charge in [0.25, 0.3) is 0 Å². The van der Waals surface area contributed by atoms with Gasteiger partial charge in [0.15, 0.2) is 0 Å². The molecular weight excluding hydrogens is 146 g/mol. The number of piperidine rings is 1. The van der Waals surface area contributed by atoms with E-state index in [-0.39, 0.29) is 12.0 Å². The van der Waals surface area contributed by atoms with E-state index in [0.29, 0.717) is 19.5 Å². The number of nitrogens with zero attached hydrogens (tertiary/aromatic N) is 1. The molecule has 2 atom stereocenters. The molecule has 0 aliphatic carbocycles. The molecule has 0 radical (unpaired) electrons. The summed E-state index contributed by atoms with van der Waals surface area (Å²) in [4.78, 5) is 11.8. The zero-order valence-corrected chi connectivity index (χ0v) is 6.53. The van der Waals surface area contributed by atoms with Gasteiger partial charge < -0.3 is 15.1 Å². The van der Waals surface area contributed by atoms with Gasteiger partial charge in [0.2, 0.25) is 0 Å². The van der Waals surface area contributed by atoms with E-state index in [0.717, 1.165) is 0 Å². The van der Waals surface area contributed by atoms with Crippen LogP contribution < -0.4 is 0 Å². The molecule has 4 heteroatoms. The summed E-state index contributed by atoms with van der Waals surface area (Å²) >= 11 is 0. The van der Waals surface area contributed by atoms with Crippen LogP contribution in [-0.2, 0) is 0 Å². The van der Waals surface area contributed by atoms with Crippen molar-refractivity contribution in [2.75, 3.05) is 13.1 Å². The van der Waals surface area contributed by atoms with Crippen molar-refractivity contribution < 1.29 is 15.0 Å². The van der Waals surface area contributed by atoms with Gasteiger partial charge in [0.05, 0.1) is 6.10 Å². The van der Waals surface area contributed by atoms with E-state index >= 15 is 0 Å². The van der Waals surface area contributed by atoms with Gasteiger partial charge in [-0.25, -0.2) is 4.79 Å². The maximum absolute atomic E-state index is 10.5. The molecule has 2 N–H and O–H groups in total. The fourth-order valence-electron chi connectivity index (χ4n) is 1.31. The van der Waals surface area contributed by atoms with Gasteiger partial charge in [-0.15, -0.1) is 0 Å². The molecule has 0 bridgehead atoms. The number of aliphatic hydroxyl groups is 1. The Bertz CT molecular complexity index is 160. The Balaban J connectivity index is 2.46. The molecule has 1 aliphatic heterocycles. The van der Waals surface area contributed by atoms with Gasteiger partial charge >= 0.3 is 6.09 Å². The Morgan fingerprint density at radius 1 is 1.64 bits per heavy atom. The number of rotatable bonds is 0. The van der Waals surface area contributed by atoms with Crippen molar-refractivity contribution in [2.24, 2.45) is 5.92 Å². The Morgan fingerprint density at radius 2 is 2.27 bits per heavy atom. The second-order valence-corrected chi connectivity index (χ2v) is 3.06. The molecule has 1 unspecified atom stereocenters. The first kappa shape index (κ1) is 8.33. The number of amides is 1. The van der Waals surface area contributed by atoms with Crippen molar-refractivity contribution in [1.29, 1.82) is 0 Å². The number of aliphatic hydroxyl groups excluding tert-OH is 1. The van der Waals surface area contributed by atoms with Crippen molar-refractivity contribution in [3.63, 3.8) is 0 Å². The molecule has 1 heterocycles. The molecule has 1 saturated heterocycles. The van der Waals surface area contributed by atoms with Gasteiger partial charge in [-0.1, -0.05) is 6.92 Å². The first-order valence-electron chi connectivity index (χ1n) is 3.77. The molecule has 0 saturated carbocycles. The molecule has 0 aromatic rings. The minimum absolute atomic E-state index is 0.0693. The standard InChI is InChI=1S/C7H13NO3/c1-5-4-8(7(10)11)3-2-6(5)9/h5-6,9H,2-4H2,1H3,(H,10,11)/t5-,6?/m1/s1. The highest BCUT2D eigenvalue weighted by atomic mass is 16.4. The van der Waals surface area contributed by atoms with Crippen LogP contribution in [0.4, 0.5) is 4.79 Å². The van der Waals surface area contributed by atoms with Crippen LogP contribution in [0.15, 0.2) is 0 Å². The summed E-state index contributed by atoms with van der Waals surface area (Å²) in [5.74, 6) is 0.0693. The van der Waals surface area contributed by atoms with Crippen molar-refractivity contribution in [1.82, 2.24) is 4.90 Å². The Labute approximate surface area is 65.4 Å². The summed E-state index contributed by atoms with van der Waals surface area (Å²) in [5.41, 5.74) is 0. The highest BCUT2D eigenvalue weighted by molar-refractivity contribution is 5.65. The highest BCUT2D eigenvalue weighted by Crippen LogP contribution is 2.15. The van der Waals surface area contributed by atoms with Crippen molar-refractivity contribution in [3.8, 4) is 0 Å². The maximum atomic E-state index is 10.5. The molecule has 1 amide bonds. The molecule has 64 valence electrons. The lowest BCUT2D eigenvalue weighted by molar-refractivity contribution is 0.0370. The number of hydrogen-bond donors (Lipinski definition) is 2. The van der Waals surface area contributed by atoms with Crippen LogP contribution in [0.2, 0.25) is 0 Å². The second-order valence-electron chi connectivity index (χ2n) is 3.06. The minimum atomic E-state index is -0.885. The molecule has 0 aromatic carbocycles. The predicted octanol–water partition coefficient (Wildman–Crippen LogP) is 0.367. The van der Waals surface area contributed by atoms with Crippen LogP contribution in [0.3, 0.4) is 0 Å². The summed E-state index contributed by atoms with van der Waals surface area (Å²) in [6.07, 6.45) is -0.651. The normalized spacial score (nSPS) is 32.0. The summed E-state index contributed by atoms with van der Waals surface area (Å²) < 4.78 is 0. The molecule has 1 fully saturated rings. The van der Waals surface area contributed by atoms with Gasteiger partial charge in [-0.2, -0.15) is 0 Å². The topological polar surface area (TPSA) is 60.8 Å². The van der Waals surface area contributed by atoms with Crippen molar-refractivity contribution in [3.05, 3.63) is 0 Å². The van der Waals surface area contributed by atoms with E-state index < -0.39 is 6.09 Å². The first-order chi connectivity index (χ1) is 5.11. The fraction of sp³-hybridized carbons (Fsp3) is 0.857. The summed E-state index contributed by atoms with van der Waals surface area (Å²) in [6.45, 7) is 2.77. The van der Waals surface area contributed by atoms with Gasteiger partial charge in [0, 0.05) is 13.1 Å². The largest absolute Gasteiger partial charge is 0.465 e. The predicted molar refractivity (Wildman–Crippen MR) is 39.4 cm³/mol. The van der Waals surface area contributed by atoms with Crippen molar-refractivity contribution >= 4 is 6.09 Å². The van der Waals surface area contributed by atoms with Crippen LogP contribution in [0.5, 0.6) is 0 Å². The average Bonchev–Trinajstić information content (AvgIpc) is 1.94. The first-order valence-corrected chi connectivity index (χ1v) is 3.77. The smallest absolute Gasteiger partial charge is 0.407 e. The molecule has 0 aromatic heterocycles. The Morgan fingerprint density at radius 3 is 2.73 bits per heavy atom. The molecule has 0 spiro atoms. The van der Waals surface area contributed by atoms with Crippen LogP contribution in [-0.4, -0.2) is 40.4 Å². The molecule has 1 rings (SSSR count). The summed E-state index contributed by atoms with van der Waals surface area (Å²) in [6, 6.07) is 0.